The van der Waals surface area contributed by atoms with Crippen molar-refractivity contribution in [2.24, 2.45) is 7.05 Å². The van der Waals surface area contributed by atoms with Crippen molar-refractivity contribution in [3.05, 3.63) is 39.3 Å². The second kappa shape index (κ2) is 6.93. The third kappa shape index (κ3) is 3.38. The summed E-state index contributed by atoms with van der Waals surface area (Å²) in [5, 5.41) is 1.91. The highest BCUT2D eigenvalue weighted by molar-refractivity contribution is 7.89. The highest BCUT2D eigenvalue weighted by Gasteiger charge is 2.33. The molecule has 0 atom stereocenters. The van der Waals surface area contributed by atoms with Crippen molar-refractivity contribution in [3.63, 3.8) is 0 Å². The zero-order valence-corrected chi connectivity index (χ0v) is 16.3. The molecule has 0 saturated carbocycles. The van der Waals surface area contributed by atoms with Crippen molar-refractivity contribution in [2.45, 2.75) is 38.1 Å². The van der Waals surface area contributed by atoms with Gasteiger partial charge in [0, 0.05) is 42.9 Å². The van der Waals surface area contributed by atoms with E-state index in [0.717, 1.165) is 17.7 Å². The second-order valence-corrected chi connectivity index (χ2v) is 9.07. The summed E-state index contributed by atoms with van der Waals surface area (Å²) in [4.78, 5) is 15.8. The first kappa shape index (κ1) is 18.2. The maximum Gasteiger partial charge on any atom is 0.257 e. The van der Waals surface area contributed by atoms with E-state index < -0.39 is 10.0 Å². The maximum atomic E-state index is 13.0. The van der Waals surface area contributed by atoms with Gasteiger partial charge >= 0.3 is 0 Å². The maximum absolute atomic E-state index is 13.0. The molecule has 1 aliphatic rings. The number of rotatable bonds is 5. The monoisotopic (exact) mass is 381 g/mol. The Labute approximate surface area is 152 Å². The molecule has 25 heavy (non-hydrogen) atoms. The standard InChI is InChI=1S/C17H23N3O3S2/c1-12-15(17(21)20-8-4-5-9-20)16(13(2)19(12)3)25(22,23)18-11-14-7-6-10-24-14/h6-7,10,18H,4-5,8-9,11H2,1-3H3. The molecule has 0 bridgehead atoms. The molecule has 2 aromatic rings. The molecule has 8 heteroatoms. The SMILES string of the molecule is Cc1c(C(=O)N2CCCC2)c(S(=O)(=O)NCc2cccs2)c(C)n1C. The lowest BCUT2D eigenvalue weighted by molar-refractivity contribution is 0.0788. The van der Waals surface area contributed by atoms with Gasteiger partial charge in [-0.15, -0.1) is 11.3 Å². The average molecular weight is 382 g/mol. The van der Waals surface area contributed by atoms with E-state index >= 15 is 0 Å². The van der Waals surface area contributed by atoms with Crippen LogP contribution in [0.5, 0.6) is 0 Å². The molecular weight excluding hydrogens is 358 g/mol. The Bertz CT molecular complexity index is 877. The van der Waals surface area contributed by atoms with Crippen molar-refractivity contribution < 1.29 is 13.2 Å². The predicted octanol–water partition coefficient (Wildman–Crippen LogP) is 2.42. The largest absolute Gasteiger partial charge is 0.350 e. The summed E-state index contributed by atoms with van der Waals surface area (Å²) in [7, 11) is -1.99. The summed E-state index contributed by atoms with van der Waals surface area (Å²) < 4.78 is 30.4. The smallest absolute Gasteiger partial charge is 0.257 e. The molecule has 1 aliphatic heterocycles. The van der Waals surface area contributed by atoms with Crippen LogP contribution in [0.25, 0.3) is 0 Å². The van der Waals surface area contributed by atoms with Gasteiger partial charge in [0.2, 0.25) is 10.0 Å². The van der Waals surface area contributed by atoms with E-state index in [2.05, 4.69) is 4.72 Å². The lowest BCUT2D eigenvalue weighted by atomic mass is 10.2. The minimum absolute atomic E-state index is 0.112. The summed E-state index contributed by atoms with van der Waals surface area (Å²) in [6.07, 6.45) is 1.94. The fourth-order valence-electron chi connectivity index (χ4n) is 3.23. The third-order valence-corrected chi connectivity index (χ3v) is 7.25. The number of thiophene rings is 1. The van der Waals surface area contributed by atoms with Gasteiger partial charge in [0.15, 0.2) is 0 Å². The molecule has 0 unspecified atom stereocenters. The molecular formula is C17H23N3O3S2. The van der Waals surface area contributed by atoms with Crippen LogP contribution in [0.3, 0.4) is 0 Å². The van der Waals surface area contributed by atoms with Crippen LogP contribution in [0.15, 0.2) is 22.4 Å². The molecule has 0 spiro atoms. The van der Waals surface area contributed by atoms with Gasteiger partial charge in [0.1, 0.15) is 4.90 Å². The van der Waals surface area contributed by atoms with Crippen molar-refractivity contribution in [1.29, 1.82) is 0 Å². The Hall–Kier alpha value is -1.64. The first-order valence-corrected chi connectivity index (χ1v) is 10.7. The summed E-state index contributed by atoms with van der Waals surface area (Å²) in [5.74, 6) is -0.185. The van der Waals surface area contributed by atoms with E-state index in [1.807, 2.05) is 17.5 Å². The van der Waals surface area contributed by atoms with E-state index in [1.54, 1.807) is 30.4 Å². The fourth-order valence-corrected chi connectivity index (χ4v) is 5.48. The molecule has 136 valence electrons. The van der Waals surface area contributed by atoms with Crippen molar-refractivity contribution in [3.8, 4) is 0 Å². The zero-order valence-electron chi connectivity index (χ0n) is 14.7. The molecule has 0 radical (unpaired) electrons. The number of nitrogens with zero attached hydrogens (tertiary/aromatic N) is 2. The molecule has 0 aromatic carbocycles. The highest BCUT2D eigenvalue weighted by Crippen LogP contribution is 2.28. The predicted molar refractivity (Wildman–Crippen MR) is 98.4 cm³/mol. The van der Waals surface area contributed by atoms with Gasteiger partial charge in [-0.2, -0.15) is 0 Å². The van der Waals surface area contributed by atoms with Gasteiger partial charge in [-0.25, -0.2) is 13.1 Å². The number of aromatic nitrogens is 1. The highest BCUT2D eigenvalue weighted by atomic mass is 32.2. The third-order valence-electron chi connectivity index (χ3n) is 4.82. The quantitative estimate of drug-likeness (QED) is 0.865. The fraction of sp³-hybridized carbons (Fsp3) is 0.471. The molecule has 2 aromatic heterocycles. The molecule has 1 amide bonds. The van der Waals surface area contributed by atoms with Crippen LogP contribution in [0.2, 0.25) is 0 Å². The number of likely N-dealkylation sites (tertiary alicyclic amines) is 1. The van der Waals surface area contributed by atoms with Crippen molar-refractivity contribution in [2.75, 3.05) is 13.1 Å². The van der Waals surface area contributed by atoms with Gasteiger partial charge < -0.3 is 9.47 Å². The van der Waals surface area contributed by atoms with Crippen LogP contribution in [0.1, 0.15) is 39.5 Å². The van der Waals surface area contributed by atoms with Gasteiger partial charge in [-0.3, -0.25) is 4.79 Å². The first-order valence-electron chi connectivity index (χ1n) is 8.30. The Morgan fingerprint density at radius 3 is 2.52 bits per heavy atom. The molecule has 1 N–H and O–H groups in total. The number of carbonyl (C=O) groups excluding carboxylic acids is 1. The lowest BCUT2D eigenvalue weighted by Crippen LogP contribution is -2.31. The van der Waals surface area contributed by atoms with E-state index in [1.165, 1.54) is 11.3 Å². The van der Waals surface area contributed by atoms with Crippen molar-refractivity contribution in [1.82, 2.24) is 14.2 Å². The molecule has 1 fully saturated rings. The number of hydrogen-bond acceptors (Lipinski definition) is 4. The van der Waals surface area contributed by atoms with Gasteiger partial charge in [-0.1, -0.05) is 6.07 Å². The van der Waals surface area contributed by atoms with Gasteiger partial charge in [0.25, 0.3) is 5.91 Å². The van der Waals surface area contributed by atoms with Crippen LogP contribution in [0.4, 0.5) is 0 Å². The van der Waals surface area contributed by atoms with E-state index in [4.69, 9.17) is 0 Å². The van der Waals surface area contributed by atoms with Crippen LogP contribution in [-0.4, -0.2) is 36.9 Å². The summed E-state index contributed by atoms with van der Waals surface area (Å²) in [5.41, 5.74) is 1.57. The Balaban J connectivity index is 1.99. The number of sulfonamides is 1. The van der Waals surface area contributed by atoms with Crippen LogP contribution in [-0.2, 0) is 23.6 Å². The number of amides is 1. The summed E-state index contributed by atoms with van der Waals surface area (Å²) in [6, 6.07) is 3.77. The Morgan fingerprint density at radius 1 is 1.24 bits per heavy atom. The first-order chi connectivity index (χ1) is 11.8. The number of carbonyl (C=O) groups is 1. The Morgan fingerprint density at radius 2 is 1.92 bits per heavy atom. The minimum Gasteiger partial charge on any atom is -0.350 e. The normalized spacial score (nSPS) is 15.1. The molecule has 0 aliphatic carbocycles. The van der Waals surface area contributed by atoms with E-state index in [-0.39, 0.29) is 17.3 Å². The Kier molecular flexibility index (Phi) is 5.04. The van der Waals surface area contributed by atoms with E-state index in [0.29, 0.717) is 30.0 Å². The molecule has 3 rings (SSSR count). The second-order valence-electron chi connectivity index (χ2n) is 6.34. The van der Waals surface area contributed by atoms with Crippen molar-refractivity contribution >= 4 is 27.3 Å². The van der Waals surface area contributed by atoms with Crippen LogP contribution in [0, 0.1) is 13.8 Å². The number of hydrogen-bond donors (Lipinski definition) is 1. The van der Waals surface area contributed by atoms with Crippen LogP contribution >= 0.6 is 11.3 Å². The summed E-state index contributed by atoms with van der Waals surface area (Å²) >= 11 is 1.49. The van der Waals surface area contributed by atoms with E-state index in [9.17, 15) is 13.2 Å². The molecule has 1 saturated heterocycles. The molecule has 6 nitrogen and oxygen atoms in total. The molecule has 3 heterocycles. The summed E-state index contributed by atoms with van der Waals surface area (Å²) in [6.45, 7) is 5.15. The van der Waals surface area contributed by atoms with Crippen LogP contribution < -0.4 is 4.72 Å². The van der Waals surface area contributed by atoms with Gasteiger partial charge in [-0.05, 0) is 38.1 Å². The minimum atomic E-state index is -3.79. The zero-order chi connectivity index (χ0) is 18.2. The van der Waals surface area contributed by atoms with Gasteiger partial charge in [0.05, 0.1) is 5.56 Å². The average Bonchev–Trinajstić information content (AvgIpc) is 3.31. The topological polar surface area (TPSA) is 71.4 Å². The lowest BCUT2D eigenvalue weighted by Gasteiger charge is -2.17. The number of nitrogens with one attached hydrogen (secondary N) is 1.